The van der Waals surface area contributed by atoms with Crippen molar-refractivity contribution in [2.75, 3.05) is 7.11 Å². The molecule has 4 heteroatoms. The molecule has 0 spiro atoms. The Morgan fingerprint density at radius 3 is 2.18 bits per heavy atom. The van der Waals surface area contributed by atoms with E-state index < -0.39 is 11.1 Å². The highest BCUT2D eigenvalue weighted by atomic mass is 16.5. The third-order valence-electron chi connectivity index (χ3n) is 4.16. The van der Waals surface area contributed by atoms with Crippen molar-refractivity contribution in [1.29, 1.82) is 0 Å². The van der Waals surface area contributed by atoms with Crippen LogP contribution in [0.15, 0.2) is 0 Å². The Labute approximate surface area is 104 Å². The summed E-state index contributed by atoms with van der Waals surface area (Å²) in [6.07, 6.45) is 3.39. The van der Waals surface area contributed by atoms with Crippen molar-refractivity contribution in [3.8, 4) is 0 Å². The summed E-state index contributed by atoms with van der Waals surface area (Å²) in [4.78, 5) is 12.0. The summed E-state index contributed by atoms with van der Waals surface area (Å²) >= 11 is 0. The van der Waals surface area contributed by atoms with Crippen molar-refractivity contribution >= 4 is 5.91 Å². The average Bonchev–Trinajstić information content (AvgIpc) is 2.08. The molecule has 0 unspecified atom stereocenters. The Bertz CT molecular complexity index is 282. The zero-order chi connectivity index (χ0) is 13.3. The molecule has 1 amide bonds. The highest BCUT2D eigenvalue weighted by Gasteiger charge is 2.42. The minimum atomic E-state index is -0.956. The molecule has 1 aliphatic rings. The number of rotatable bonds is 5. The van der Waals surface area contributed by atoms with E-state index in [0.29, 0.717) is 6.42 Å². The number of amides is 1. The zero-order valence-electron chi connectivity index (χ0n) is 11.6. The summed E-state index contributed by atoms with van der Waals surface area (Å²) < 4.78 is 5.42. The topological polar surface area (TPSA) is 58.6 Å². The first-order valence-electron chi connectivity index (χ1n) is 6.20. The lowest BCUT2D eigenvalue weighted by Crippen LogP contribution is -2.59. The Morgan fingerprint density at radius 2 is 1.88 bits per heavy atom. The highest BCUT2D eigenvalue weighted by Crippen LogP contribution is 2.38. The predicted molar refractivity (Wildman–Crippen MR) is 66.7 cm³/mol. The smallest absolute Gasteiger partial charge is 0.223 e. The predicted octanol–water partition coefficient (Wildman–Crippen LogP) is 1.61. The van der Waals surface area contributed by atoms with Crippen LogP contribution in [0.4, 0.5) is 0 Å². The average molecular weight is 243 g/mol. The van der Waals surface area contributed by atoms with Gasteiger partial charge in [0.1, 0.15) is 0 Å². The summed E-state index contributed by atoms with van der Waals surface area (Å²) in [5.74, 6) is -0.0568. The summed E-state index contributed by atoms with van der Waals surface area (Å²) in [5, 5.41) is 12.9. The Hall–Kier alpha value is -0.610. The monoisotopic (exact) mass is 243 g/mol. The van der Waals surface area contributed by atoms with E-state index in [1.54, 1.807) is 21.0 Å². The fraction of sp³-hybridized carbons (Fsp3) is 0.923. The van der Waals surface area contributed by atoms with Gasteiger partial charge in [-0.1, -0.05) is 0 Å². The van der Waals surface area contributed by atoms with E-state index in [4.69, 9.17) is 4.74 Å². The van der Waals surface area contributed by atoms with Gasteiger partial charge < -0.3 is 15.2 Å². The van der Waals surface area contributed by atoms with Crippen LogP contribution in [0.1, 0.15) is 53.4 Å². The molecule has 17 heavy (non-hydrogen) atoms. The van der Waals surface area contributed by atoms with E-state index in [1.165, 1.54) is 0 Å². The maximum atomic E-state index is 12.0. The molecule has 0 aromatic carbocycles. The number of carbonyl (C=O) groups is 1. The summed E-state index contributed by atoms with van der Waals surface area (Å²) in [6.45, 7) is 7.04. The molecule has 0 aliphatic heterocycles. The zero-order valence-corrected chi connectivity index (χ0v) is 11.6. The first-order chi connectivity index (χ1) is 7.62. The minimum absolute atomic E-state index is 0.0568. The molecule has 1 saturated carbocycles. The van der Waals surface area contributed by atoms with Crippen LogP contribution in [0.5, 0.6) is 0 Å². The number of methoxy groups -OCH3 is 1. The Morgan fingerprint density at radius 1 is 1.35 bits per heavy atom. The van der Waals surface area contributed by atoms with Crippen LogP contribution >= 0.6 is 0 Å². The van der Waals surface area contributed by atoms with Crippen molar-refractivity contribution in [2.45, 2.75) is 70.1 Å². The van der Waals surface area contributed by atoms with E-state index in [2.05, 4.69) is 5.32 Å². The van der Waals surface area contributed by atoms with Gasteiger partial charge in [0.2, 0.25) is 5.91 Å². The second-order valence-corrected chi connectivity index (χ2v) is 6.15. The van der Waals surface area contributed by atoms with Crippen LogP contribution in [-0.2, 0) is 9.53 Å². The maximum absolute atomic E-state index is 12.0. The Balaban J connectivity index is 2.55. The molecule has 1 aliphatic carbocycles. The first kappa shape index (κ1) is 14.5. The Kier molecular flexibility index (Phi) is 3.89. The number of hydrogen-bond donors (Lipinski definition) is 2. The van der Waals surface area contributed by atoms with Crippen LogP contribution in [0, 0.1) is 0 Å². The summed E-state index contributed by atoms with van der Waals surface area (Å²) in [7, 11) is 1.66. The number of nitrogens with one attached hydrogen (secondary N) is 1. The first-order valence-corrected chi connectivity index (χ1v) is 6.20. The van der Waals surface area contributed by atoms with Crippen LogP contribution in [0.3, 0.4) is 0 Å². The number of hydrogen-bond acceptors (Lipinski definition) is 3. The molecule has 2 N–H and O–H groups in total. The van der Waals surface area contributed by atoms with Crippen LogP contribution in [-0.4, -0.2) is 34.9 Å². The van der Waals surface area contributed by atoms with Crippen molar-refractivity contribution in [3.05, 3.63) is 0 Å². The second-order valence-electron chi connectivity index (χ2n) is 6.15. The SMILES string of the molecule is COC1(CC(=O)NC(C)(C)C(C)(C)O)CCC1. The third kappa shape index (κ3) is 3.19. The third-order valence-corrected chi connectivity index (χ3v) is 4.16. The van der Waals surface area contributed by atoms with E-state index in [0.717, 1.165) is 19.3 Å². The van der Waals surface area contributed by atoms with Gasteiger partial charge in [-0.05, 0) is 47.0 Å². The molecular formula is C13H25NO3. The van der Waals surface area contributed by atoms with Gasteiger partial charge in [-0.15, -0.1) is 0 Å². The van der Waals surface area contributed by atoms with Crippen molar-refractivity contribution < 1.29 is 14.6 Å². The van der Waals surface area contributed by atoms with E-state index >= 15 is 0 Å². The van der Waals surface area contributed by atoms with Crippen LogP contribution in [0.25, 0.3) is 0 Å². The second kappa shape index (κ2) is 4.58. The highest BCUT2D eigenvalue weighted by molar-refractivity contribution is 5.78. The largest absolute Gasteiger partial charge is 0.388 e. The standard InChI is InChI=1S/C13H25NO3/c1-11(2,12(3,4)16)14-10(15)9-13(17-5)7-6-8-13/h16H,6-9H2,1-5H3,(H,14,15). The van der Waals surface area contributed by atoms with Gasteiger partial charge in [-0.25, -0.2) is 0 Å². The molecule has 0 aromatic rings. The van der Waals surface area contributed by atoms with Gasteiger partial charge in [-0.2, -0.15) is 0 Å². The summed E-state index contributed by atoms with van der Waals surface area (Å²) in [5.41, 5.74) is -1.87. The number of carbonyl (C=O) groups excluding carboxylic acids is 1. The number of aliphatic hydroxyl groups is 1. The lowest BCUT2D eigenvalue weighted by Gasteiger charge is -2.42. The molecule has 100 valence electrons. The fourth-order valence-corrected chi connectivity index (χ4v) is 1.86. The van der Waals surface area contributed by atoms with Crippen molar-refractivity contribution in [2.24, 2.45) is 0 Å². The minimum Gasteiger partial charge on any atom is -0.388 e. The fourth-order valence-electron chi connectivity index (χ4n) is 1.86. The number of ether oxygens (including phenoxy) is 1. The van der Waals surface area contributed by atoms with Gasteiger partial charge in [0.15, 0.2) is 0 Å². The normalized spacial score (nSPS) is 19.6. The quantitative estimate of drug-likeness (QED) is 0.771. The molecular weight excluding hydrogens is 218 g/mol. The molecule has 1 fully saturated rings. The lowest BCUT2D eigenvalue weighted by atomic mass is 9.77. The van der Waals surface area contributed by atoms with Crippen molar-refractivity contribution in [3.63, 3.8) is 0 Å². The van der Waals surface area contributed by atoms with Crippen LogP contribution < -0.4 is 5.32 Å². The lowest BCUT2D eigenvalue weighted by molar-refractivity contribution is -0.138. The molecule has 0 heterocycles. The molecule has 0 atom stereocenters. The van der Waals surface area contributed by atoms with Crippen molar-refractivity contribution in [1.82, 2.24) is 5.32 Å². The molecule has 0 aromatic heterocycles. The van der Waals surface area contributed by atoms with Gasteiger partial charge in [0.05, 0.1) is 23.2 Å². The van der Waals surface area contributed by atoms with Gasteiger partial charge in [0.25, 0.3) is 0 Å². The maximum Gasteiger partial charge on any atom is 0.223 e. The molecule has 4 nitrogen and oxygen atoms in total. The molecule has 1 rings (SSSR count). The molecule has 0 radical (unpaired) electrons. The summed E-state index contributed by atoms with van der Waals surface area (Å²) in [6, 6.07) is 0. The molecule has 0 bridgehead atoms. The van der Waals surface area contributed by atoms with E-state index in [1.807, 2.05) is 13.8 Å². The van der Waals surface area contributed by atoms with Crippen LogP contribution in [0.2, 0.25) is 0 Å². The van der Waals surface area contributed by atoms with E-state index in [-0.39, 0.29) is 11.5 Å². The van der Waals surface area contributed by atoms with E-state index in [9.17, 15) is 9.90 Å². The van der Waals surface area contributed by atoms with Gasteiger partial charge in [-0.3, -0.25) is 4.79 Å². The van der Waals surface area contributed by atoms with Gasteiger partial charge in [0, 0.05) is 7.11 Å². The molecule has 0 saturated heterocycles. The van der Waals surface area contributed by atoms with Gasteiger partial charge >= 0.3 is 0 Å².